The second-order valence-corrected chi connectivity index (χ2v) is 7.52. The van der Waals surface area contributed by atoms with Crippen LogP contribution in [0.4, 0.5) is 5.69 Å². The molecule has 156 valence electrons. The lowest BCUT2D eigenvalue weighted by molar-refractivity contribution is 0.102. The number of nitrogens with one attached hydrogen (secondary N) is 1. The van der Waals surface area contributed by atoms with Gasteiger partial charge in [-0.15, -0.1) is 10.2 Å². The van der Waals surface area contributed by atoms with E-state index in [4.69, 9.17) is 20.8 Å². The van der Waals surface area contributed by atoms with Crippen LogP contribution in [0.25, 0.3) is 22.9 Å². The highest BCUT2D eigenvalue weighted by Gasteiger charge is 2.14. The zero-order valence-electron chi connectivity index (χ0n) is 17.3. The number of hydrogen-bond donors (Lipinski definition) is 1. The van der Waals surface area contributed by atoms with Crippen LogP contribution in [0, 0.1) is 13.8 Å². The molecule has 31 heavy (non-hydrogen) atoms. The summed E-state index contributed by atoms with van der Waals surface area (Å²) in [4.78, 5) is 12.7. The minimum absolute atomic E-state index is 0.266. The maximum atomic E-state index is 12.7. The van der Waals surface area contributed by atoms with E-state index < -0.39 is 0 Å². The third-order valence-electron chi connectivity index (χ3n) is 4.81. The molecule has 0 fully saturated rings. The minimum Gasteiger partial charge on any atom is -0.495 e. The molecule has 0 saturated heterocycles. The number of ether oxygens (including phenoxy) is 1. The molecule has 1 heterocycles. The highest BCUT2D eigenvalue weighted by molar-refractivity contribution is 6.31. The predicted octanol–water partition coefficient (Wildman–Crippen LogP) is 5.93. The summed E-state index contributed by atoms with van der Waals surface area (Å²) in [5.74, 6) is 1.07. The number of aryl methyl sites for hydroxylation is 2. The van der Waals surface area contributed by atoms with Crippen LogP contribution in [0.3, 0.4) is 0 Å². The molecule has 1 N–H and O–H groups in total. The smallest absolute Gasteiger partial charge is 0.255 e. The molecule has 0 bridgehead atoms. The Kier molecular flexibility index (Phi) is 5.73. The van der Waals surface area contributed by atoms with Gasteiger partial charge in [-0.2, -0.15) is 0 Å². The molecule has 0 aliphatic heterocycles. The van der Waals surface area contributed by atoms with Gasteiger partial charge in [-0.05, 0) is 61.9 Å². The monoisotopic (exact) mass is 433 g/mol. The first kappa shape index (κ1) is 20.6. The summed E-state index contributed by atoms with van der Waals surface area (Å²) >= 11 is 6.13. The van der Waals surface area contributed by atoms with Crippen molar-refractivity contribution in [3.05, 3.63) is 82.4 Å². The van der Waals surface area contributed by atoms with E-state index >= 15 is 0 Å². The van der Waals surface area contributed by atoms with E-state index in [0.717, 1.165) is 22.3 Å². The number of hydrogen-bond acceptors (Lipinski definition) is 5. The first-order valence-corrected chi connectivity index (χ1v) is 9.99. The molecular weight excluding hydrogens is 414 g/mol. The number of carbonyl (C=O) groups is 1. The van der Waals surface area contributed by atoms with Gasteiger partial charge in [-0.1, -0.05) is 29.3 Å². The molecule has 4 aromatic rings. The summed E-state index contributed by atoms with van der Waals surface area (Å²) in [5, 5.41) is 11.7. The third-order valence-corrected chi connectivity index (χ3v) is 5.22. The van der Waals surface area contributed by atoms with E-state index in [1.807, 2.05) is 38.1 Å². The van der Waals surface area contributed by atoms with Gasteiger partial charge in [0.25, 0.3) is 5.91 Å². The van der Waals surface area contributed by atoms with Gasteiger partial charge < -0.3 is 14.5 Å². The van der Waals surface area contributed by atoms with Crippen LogP contribution in [0.1, 0.15) is 21.5 Å². The van der Waals surface area contributed by atoms with Crippen molar-refractivity contribution in [2.75, 3.05) is 12.4 Å². The standard InChI is InChI=1S/C24H20ClN3O3/c1-14-5-4-6-18(11-14)24-28-27-23(31-24)17-9-7-16(8-10-17)22(29)26-20-12-15(2)19(25)13-21(20)30-3/h4-13H,1-3H3,(H,26,29). The average Bonchev–Trinajstić information content (AvgIpc) is 3.26. The molecule has 1 amide bonds. The summed E-state index contributed by atoms with van der Waals surface area (Å²) in [6.45, 7) is 3.87. The first-order valence-electron chi connectivity index (χ1n) is 9.61. The zero-order chi connectivity index (χ0) is 22.0. The molecule has 4 rings (SSSR count). The van der Waals surface area contributed by atoms with Crippen molar-refractivity contribution in [3.63, 3.8) is 0 Å². The highest BCUT2D eigenvalue weighted by atomic mass is 35.5. The Morgan fingerprint density at radius 2 is 1.68 bits per heavy atom. The topological polar surface area (TPSA) is 77.2 Å². The molecule has 0 radical (unpaired) electrons. The Bertz CT molecular complexity index is 1250. The number of aromatic nitrogens is 2. The average molecular weight is 434 g/mol. The molecule has 7 heteroatoms. The SMILES string of the molecule is COc1cc(Cl)c(C)cc1NC(=O)c1ccc(-c2nnc(-c3cccc(C)c3)o2)cc1. The van der Waals surface area contributed by atoms with Crippen molar-refractivity contribution >= 4 is 23.2 Å². The Morgan fingerprint density at radius 1 is 0.968 bits per heavy atom. The molecule has 0 saturated carbocycles. The lowest BCUT2D eigenvalue weighted by Crippen LogP contribution is -2.12. The van der Waals surface area contributed by atoms with E-state index in [-0.39, 0.29) is 5.91 Å². The van der Waals surface area contributed by atoms with Crippen LogP contribution in [-0.2, 0) is 0 Å². The van der Waals surface area contributed by atoms with Crippen LogP contribution >= 0.6 is 11.6 Å². The predicted molar refractivity (Wildman–Crippen MR) is 121 cm³/mol. The Morgan fingerprint density at radius 3 is 2.35 bits per heavy atom. The number of amides is 1. The molecule has 1 aromatic heterocycles. The molecule has 3 aromatic carbocycles. The van der Waals surface area contributed by atoms with E-state index in [9.17, 15) is 4.79 Å². The van der Waals surface area contributed by atoms with Crippen LogP contribution in [0.2, 0.25) is 5.02 Å². The summed E-state index contributed by atoms with van der Waals surface area (Å²) < 4.78 is 11.1. The molecule has 6 nitrogen and oxygen atoms in total. The number of carbonyl (C=O) groups excluding carboxylic acids is 1. The Hall–Kier alpha value is -3.64. The summed E-state index contributed by atoms with van der Waals surface area (Å²) in [6.07, 6.45) is 0. The summed E-state index contributed by atoms with van der Waals surface area (Å²) in [5.41, 5.74) is 4.58. The highest BCUT2D eigenvalue weighted by Crippen LogP contribution is 2.31. The van der Waals surface area contributed by atoms with Gasteiger partial charge in [-0.25, -0.2) is 0 Å². The molecule has 0 aliphatic carbocycles. The van der Waals surface area contributed by atoms with Crippen LogP contribution < -0.4 is 10.1 Å². The van der Waals surface area contributed by atoms with E-state index in [0.29, 0.717) is 33.8 Å². The van der Waals surface area contributed by atoms with Crippen LogP contribution in [-0.4, -0.2) is 23.2 Å². The molecule has 0 aliphatic rings. The fraction of sp³-hybridized carbons (Fsp3) is 0.125. The Labute approximate surface area is 184 Å². The van der Waals surface area contributed by atoms with Gasteiger partial charge in [0, 0.05) is 27.8 Å². The van der Waals surface area contributed by atoms with Crippen molar-refractivity contribution in [2.24, 2.45) is 0 Å². The minimum atomic E-state index is -0.266. The van der Waals surface area contributed by atoms with Gasteiger partial charge in [0.15, 0.2) is 0 Å². The normalized spacial score (nSPS) is 10.7. The second-order valence-electron chi connectivity index (χ2n) is 7.11. The fourth-order valence-corrected chi connectivity index (χ4v) is 3.28. The van der Waals surface area contributed by atoms with Crippen molar-refractivity contribution in [3.8, 4) is 28.7 Å². The molecule has 0 spiro atoms. The van der Waals surface area contributed by atoms with Crippen molar-refractivity contribution in [1.29, 1.82) is 0 Å². The number of halogens is 1. The summed E-state index contributed by atoms with van der Waals surface area (Å²) in [7, 11) is 1.53. The largest absolute Gasteiger partial charge is 0.495 e. The van der Waals surface area contributed by atoms with Crippen LogP contribution in [0.15, 0.2) is 65.1 Å². The quantitative estimate of drug-likeness (QED) is 0.421. The molecule has 0 unspecified atom stereocenters. The maximum absolute atomic E-state index is 12.7. The van der Waals surface area contributed by atoms with Crippen molar-refractivity contribution in [1.82, 2.24) is 10.2 Å². The molecular formula is C24H20ClN3O3. The van der Waals surface area contributed by atoms with E-state index in [2.05, 4.69) is 15.5 Å². The van der Waals surface area contributed by atoms with Crippen LogP contribution in [0.5, 0.6) is 5.75 Å². The van der Waals surface area contributed by atoms with Gasteiger partial charge in [0.2, 0.25) is 11.8 Å². The van der Waals surface area contributed by atoms with Crippen molar-refractivity contribution in [2.45, 2.75) is 13.8 Å². The lowest BCUT2D eigenvalue weighted by Gasteiger charge is -2.12. The Balaban J connectivity index is 1.52. The van der Waals surface area contributed by atoms with Gasteiger partial charge >= 0.3 is 0 Å². The second kappa shape index (κ2) is 8.62. The van der Waals surface area contributed by atoms with E-state index in [1.54, 1.807) is 36.4 Å². The van der Waals surface area contributed by atoms with Crippen molar-refractivity contribution < 1.29 is 13.9 Å². The number of nitrogens with zero attached hydrogens (tertiary/aromatic N) is 2. The van der Waals surface area contributed by atoms with Gasteiger partial charge in [0.1, 0.15) is 5.75 Å². The maximum Gasteiger partial charge on any atom is 0.255 e. The molecule has 0 atom stereocenters. The lowest BCUT2D eigenvalue weighted by atomic mass is 10.1. The van der Waals surface area contributed by atoms with E-state index in [1.165, 1.54) is 7.11 Å². The first-order chi connectivity index (χ1) is 14.9. The number of methoxy groups -OCH3 is 1. The van der Waals surface area contributed by atoms with Gasteiger partial charge in [-0.3, -0.25) is 4.79 Å². The third kappa shape index (κ3) is 4.44. The number of benzene rings is 3. The number of anilines is 1. The number of rotatable bonds is 5. The fourth-order valence-electron chi connectivity index (χ4n) is 3.12. The zero-order valence-corrected chi connectivity index (χ0v) is 18.0. The summed E-state index contributed by atoms with van der Waals surface area (Å²) in [6, 6.07) is 18.3. The van der Waals surface area contributed by atoms with Gasteiger partial charge in [0.05, 0.1) is 12.8 Å².